The van der Waals surface area contributed by atoms with Crippen molar-refractivity contribution >= 4 is 34.7 Å². The average Bonchev–Trinajstić information content (AvgIpc) is 2.50. The number of hydrogen-bond donors (Lipinski definition) is 1. The number of hydrogen-bond acceptors (Lipinski definition) is 3. The van der Waals surface area contributed by atoms with Crippen LogP contribution in [0.4, 0.5) is 0 Å². The van der Waals surface area contributed by atoms with E-state index in [1.54, 1.807) is 30.5 Å². The third-order valence-electron chi connectivity index (χ3n) is 2.70. The van der Waals surface area contributed by atoms with Crippen molar-refractivity contribution < 1.29 is 9.53 Å². The smallest absolute Gasteiger partial charge is 0.271 e. The molecule has 21 heavy (non-hydrogen) atoms. The highest BCUT2D eigenvalue weighted by atomic mass is 127. The van der Waals surface area contributed by atoms with Crippen molar-refractivity contribution in [2.24, 2.45) is 5.10 Å². The van der Waals surface area contributed by atoms with Crippen LogP contribution in [-0.2, 0) is 0 Å². The molecule has 5 heteroatoms. The Balaban J connectivity index is 1.97. The molecule has 108 valence electrons. The molecule has 0 saturated heterocycles. The maximum Gasteiger partial charge on any atom is 0.271 e. The standard InChI is InChI=1S/C16H15IN2O2/c1-2-21-14-9-7-12(8-10-14)16(20)19-18-11-13-5-3-4-6-15(13)17/h3-11H,2H2,1H3,(H,19,20). The van der Waals surface area contributed by atoms with Gasteiger partial charge in [0.1, 0.15) is 5.75 Å². The van der Waals surface area contributed by atoms with Gasteiger partial charge < -0.3 is 4.74 Å². The van der Waals surface area contributed by atoms with E-state index in [0.717, 1.165) is 14.9 Å². The van der Waals surface area contributed by atoms with Crippen molar-refractivity contribution in [3.8, 4) is 5.75 Å². The number of carbonyl (C=O) groups is 1. The van der Waals surface area contributed by atoms with E-state index in [1.807, 2.05) is 31.2 Å². The number of nitrogens with zero attached hydrogens (tertiary/aromatic N) is 1. The van der Waals surface area contributed by atoms with Crippen molar-refractivity contribution in [2.45, 2.75) is 6.92 Å². The molecule has 0 aromatic heterocycles. The summed E-state index contributed by atoms with van der Waals surface area (Å²) >= 11 is 2.22. The van der Waals surface area contributed by atoms with Crippen LogP contribution in [0.3, 0.4) is 0 Å². The lowest BCUT2D eigenvalue weighted by Gasteiger charge is -2.04. The van der Waals surface area contributed by atoms with Gasteiger partial charge in [-0.05, 0) is 59.8 Å². The first-order chi connectivity index (χ1) is 10.2. The normalized spacial score (nSPS) is 10.6. The molecule has 2 rings (SSSR count). The molecular weight excluding hydrogens is 379 g/mol. The summed E-state index contributed by atoms with van der Waals surface area (Å²) in [5.74, 6) is 0.497. The highest BCUT2D eigenvalue weighted by Crippen LogP contribution is 2.12. The first kappa shape index (κ1) is 15.5. The molecule has 0 aliphatic rings. The molecule has 2 aromatic rings. The fourth-order valence-electron chi connectivity index (χ4n) is 1.67. The fraction of sp³-hybridized carbons (Fsp3) is 0.125. The van der Waals surface area contributed by atoms with Crippen LogP contribution >= 0.6 is 22.6 Å². The van der Waals surface area contributed by atoms with Crippen LogP contribution < -0.4 is 10.2 Å². The Hall–Kier alpha value is -1.89. The van der Waals surface area contributed by atoms with Crippen LogP contribution in [-0.4, -0.2) is 18.7 Å². The number of rotatable bonds is 5. The molecule has 1 N–H and O–H groups in total. The lowest BCUT2D eigenvalue weighted by Crippen LogP contribution is -2.17. The van der Waals surface area contributed by atoms with Gasteiger partial charge in [0.25, 0.3) is 5.91 Å². The minimum Gasteiger partial charge on any atom is -0.494 e. The number of hydrazone groups is 1. The van der Waals surface area contributed by atoms with Crippen LogP contribution in [0.5, 0.6) is 5.75 Å². The summed E-state index contributed by atoms with van der Waals surface area (Å²) in [5.41, 5.74) is 4.02. The van der Waals surface area contributed by atoms with Gasteiger partial charge in [-0.15, -0.1) is 0 Å². The molecule has 0 fully saturated rings. The van der Waals surface area contributed by atoms with E-state index in [9.17, 15) is 4.79 Å². The first-order valence-electron chi connectivity index (χ1n) is 6.51. The van der Waals surface area contributed by atoms with Crippen molar-refractivity contribution in [3.63, 3.8) is 0 Å². The van der Waals surface area contributed by atoms with Gasteiger partial charge in [0.15, 0.2) is 0 Å². The Morgan fingerprint density at radius 1 is 1.24 bits per heavy atom. The zero-order chi connectivity index (χ0) is 15.1. The van der Waals surface area contributed by atoms with Crippen molar-refractivity contribution in [2.75, 3.05) is 6.61 Å². The van der Waals surface area contributed by atoms with Gasteiger partial charge in [-0.2, -0.15) is 5.10 Å². The van der Waals surface area contributed by atoms with Gasteiger partial charge in [0, 0.05) is 14.7 Å². The van der Waals surface area contributed by atoms with Crippen LogP contribution in [0, 0.1) is 3.57 Å². The van der Waals surface area contributed by atoms with E-state index >= 15 is 0 Å². The predicted molar refractivity (Wildman–Crippen MR) is 91.8 cm³/mol. The van der Waals surface area contributed by atoms with Crippen LogP contribution in [0.15, 0.2) is 53.6 Å². The molecular formula is C16H15IN2O2. The predicted octanol–water partition coefficient (Wildman–Crippen LogP) is 3.45. The molecule has 0 unspecified atom stereocenters. The van der Waals surface area contributed by atoms with E-state index in [2.05, 4.69) is 33.1 Å². The summed E-state index contributed by atoms with van der Waals surface area (Å²) in [6.07, 6.45) is 1.63. The summed E-state index contributed by atoms with van der Waals surface area (Å²) in [7, 11) is 0. The molecule has 0 spiro atoms. The minimum absolute atomic E-state index is 0.250. The quantitative estimate of drug-likeness (QED) is 0.480. The van der Waals surface area contributed by atoms with Gasteiger partial charge in [-0.3, -0.25) is 4.79 Å². The third kappa shape index (κ3) is 4.56. The number of ether oxygens (including phenoxy) is 1. The maximum absolute atomic E-state index is 11.9. The highest BCUT2D eigenvalue weighted by molar-refractivity contribution is 14.1. The molecule has 0 radical (unpaired) electrons. The van der Waals surface area contributed by atoms with Gasteiger partial charge in [-0.25, -0.2) is 5.43 Å². The topological polar surface area (TPSA) is 50.7 Å². The van der Waals surface area contributed by atoms with Crippen molar-refractivity contribution in [1.29, 1.82) is 0 Å². The number of benzene rings is 2. The molecule has 1 amide bonds. The zero-order valence-electron chi connectivity index (χ0n) is 11.5. The number of nitrogens with one attached hydrogen (secondary N) is 1. The third-order valence-corrected chi connectivity index (χ3v) is 3.68. The molecule has 4 nitrogen and oxygen atoms in total. The Morgan fingerprint density at radius 2 is 1.95 bits per heavy atom. The van der Waals surface area contributed by atoms with Gasteiger partial charge in [0.2, 0.25) is 0 Å². The Morgan fingerprint density at radius 3 is 2.62 bits per heavy atom. The summed E-state index contributed by atoms with van der Waals surface area (Å²) in [5, 5.41) is 3.98. The molecule has 2 aromatic carbocycles. The lowest BCUT2D eigenvalue weighted by atomic mass is 10.2. The van der Waals surface area contributed by atoms with E-state index in [1.165, 1.54) is 0 Å². The van der Waals surface area contributed by atoms with Crippen LogP contribution in [0.25, 0.3) is 0 Å². The molecule has 0 heterocycles. The second kappa shape index (κ2) is 7.78. The van der Waals surface area contributed by atoms with Crippen LogP contribution in [0.1, 0.15) is 22.8 Å². The van der Waals surface area contributed by atoms with Crippen LogP contribution in [0.2, 0.25) is 0 Å². The van der Waals surface area contributed by atoms with Gasteiger partial charge in [-0.1, -0.05) is 18.2 Å². The second-order valence-electron chi connectivity index (χ2n) is 4.18. The van der Waals surface area contributed by atoms with E-state index in [-0.39, 0.29) is 5.91 Å². The van der Waals surface area contributed by atoms with Crippen molar-refractivity contribution in [3.05, 3.63) is 63.2 Å². The fourth-order valence-corrected chi connectivity index (χ4v) is 2.20. The average molecular weight is 394 g/mol. The summed E-state index contributed by atoms with van der Waals surface area (Å²) < 4.78 is 6.41. The number of carbonyl (C=O) groups excluding carboxylic acids is 1. The number of halogens is 1. The summed E-state index contributed by atoms with van der Waals surface area (Å²) in [6.45, 7) is 2.52. The van der Waals surface area contributed by atoms with Gasteiger partial charge in [0.05, 0.1) is 12.8 Å². The van der Waals surface area contributed by atoms with Crippen molar-refractivity contribution in [1.82, 2.24) is 5.43 Å². The SMILES string of the molecule is CCOc1ccc(C(=O)NN=Cc2ccccc2I)cc1. The maximum atomic E-state index is 11.9. The van der Waals surface area contributed by atoms with Gasteiger partial charge >= 0.3 is 0 Å². The molecule has 0 saturated carbocycles. The Bertz CT molecular complexity index is 639. The largest absolute Gasteiger partial charge is 0.494 e. The summed E-state index contributed by atoms with van der Waals surface area (Å²) in [4.78, 5) is 11.9. The minimum atomic E-state index is -0.250. The molecule has 0 atom stereocenters. The first-order valence-corrected chi connectivity index (χ1v) is 7.59. The van der Waals surface area contributed by atoms with E-state index in [0.29, 0.717) is 12.2 Å². The lowest BCUT2D eigenvalue weighted by molar-refractivity contribution is 0.0955. The zero-order valence-corrected chi connectivity index (χ0v) is 13.7. The molecule has 0 aliphatic heterocycles. The molecule has 0 aliphatic carbocycles. The Kier molecular flexibility index (Phi) is 5.74. The summed E-state index contributed by atoms with van der Waals surface area (Å²) in [6, 6.07) is 14.8. The van der Waals surface area contributed by atoms with E-state index < -0.39 is 0 Å². The monoisotopic (exact) mass is 394 g/mol. The molecule has 0 bridgehead atoms. The highest BCUT2D eigenvalue weighted by Gasteiger charge is 2.04. The van der Waals surface area contributed by atoms with E-state index in [4.69, 9.17) is 4.74 Å². The second-order valence-corrected chi connectivity index (χ2v) is 5.34. The Labute approximate surface area is 137 Å². The number of amides is 1.